The van der Waals surface area contributed by atoms with Crippen molar-refractivity contribution in [3.05, 3.63) is 11.1 Å². The van der Waals surface area contributed by atoms with E-state index < -0.39 is 5.79 Å². The van der Waals surface area contributed by atoms with Gasteiger partial charge in [-0.15, -0.1) is 0 Å². The first-order chi connectivity index (χ1) is 7.82. The summed E-state index contributed by atoms with van der Waals surface area (Å²) < 4.78 is 12.1. The third kappa shape index (κ3) is 2.11. The highest BCUT2D eigenvalue weighted by atomic mass is 79.9. The minimum absolute atomic E-state index is 0.160. The average Bonchev–Trinajstić information content (AvgIpc) is 2.57. The van der Waals surface area contributed by atoms with E-state index in [-0.39, 0.29) is 16.3 Å². The summed E-state index contributed by atoms with van der Waals surface area (Å²) in [7, 11) is 0. The van der Waals surface area contributed by atoms with Gasteiger partial charge in [-0.2, -0.15) is 0 Å². The van der Waals surface area contributed by atoms with Crippen molar-refractivity contribution in [2.24, 2.45) is 5.41 Å². The van der Waals surface area contributed by atoms with E-state index in [1.54, 1.807) is 0 Å². The summed E-state index contributed by atoms with van der Waals surface area (Å²) in [5.41, 5.74) is 3.09. The van der Waals surface area contributed by atoms with E-state index in [0.717, 1.165) is 12.8 Å². The maximum Gasteiger partial charge on any atom is 0.185 e. The zero-order chi connectivity index (χ0) is 12.8. The van der Waals surface area contributed by atoms with Crippen LogP contribution >= 0.6 is 15.9 Å². The Hall–Kier alpha value is 0.140. The van der Waals surface area contributed by atoms with Crippen LogP contribution < -0.4 is 0 Å². The molecule has 1 aliphatic heterocycles. The molecule has 3 heteroatoms. The first-order valence-electron chi connectivity index (χ1n) is 6.48. The number of hydrogen-bond acceptors (Lipinski definition) is 2. The highest BCUT2D eigenvalue weighted by Gasteiger charge is 2.53. The first kappa shape index (κ1) is 13.6. The lowest BCUT2D eigenvalue weighted by molar-refractivity contribution is -0.182. The molecule has 2 aliphatic rings. The lowest BCUT2D eigenvalue weighted by Crippen LogP contribution is -2.49. The molecule has 0 aromatic rings. The number of halogens is 1. The van der Waals surface area contributed by atoms with Gasteiger partial charge in [0.2, 0.25) is 0 Å². The molecule has 1 heterocycles. The van der Waals surface area contributed by atoms with E-state index in [1.165, 1.54) is 11.1 Å². The van der Waals surface area contributed by atoms with E-state index in [2.05, 4.69) is 50.5 Å². The van der Waals surface area contributed by atoms with Crippen molar-refractivity contribution in [2.45, 2.75) is 64.2 Å². The predicted octanol–water partition coefficient (Wildman–Crippen LogP) is 4.04. The van der Waals surface area contributed by atoms with Crippen LogP contribution in [0.15, 0.2) is 11.1 Å². The van der Waals surface area contributed by atoms with Crippen molar-refractivity contribution in [1.82, 2.24) is 0 Å². The molecule has 0 aromatic heterocycles. The van der Waals surface area contributed by atoms with Crippen molar-refractivity contribution in [3.63, 3.8) is 0 Å². The highest BCUT2D eigenvalue weighted by molar-refractivity contribution is 9.09. The maximum absolute atomic E-state index is 6.10. The highest BCUT2D eigenvalue weighted by Crippen LogP contribution is 2.52. The number of rotatable bonds is 1. The molecule has 0 radical (unpaired) electrons. The summed E-state index contributed by atoms with van der Waals surface area (Å²) in [6.07, 6.45) is 2.23. The average molecular weight is 303 g/mol. The van der Waals surface area contributed by atoms with Gasteiger partial charge in [0.1, 0.15) is 0 Å². The molecule has 2 rings (SSSR count). The molecule has 1 fully saturated rings. The van der Waals surface area contributed by atoms with Gasteiger partial charge in [-0.25, -0.2) is 0 Å². The molecule has 2 nitrogen and oxygen atoms in total. The molecule has 3 unspecified atom stereocenters. The molecule has 0 saturated carbocycles. The minimum atomic E-state index is -0.453. The van der Waals surface area contributed by atoms with Crippen molar-refractivity contribution in [3.8, 4) is 0 Å². The number of ether oxygens (including phenoxy) is 2. The third-order valence-electron chi connectivity index (χ3n) is 4.06. The standard InChI is InChI=1S/C14H23BrO2/c1-6-11-10(3)12(15)14(8-13(11,4)5)16-7-9(2)17-14/h9,12H,6-8H2,1-5H3. The molecule has 1 saturated heterocycles. The van der Waals surface area contributed by atoms with Crippen LogP contribution in [0, 0.1) is 5.41 Å². The van der Waals surface area contributed by atoms with Gasteiger partial charge in [-0.05, 0) is 25.7 Å². The number of allylic oxidation sites excluding steroid dienone is 1. The zero-order valence-corrected chi connectivity index (χ0v) is 13.1. The molecule has 0 bridgehead atoms. The molecule has 0 amide bonds. The van der Waals surface area contributed by atoms with Crippen LogP contribution in [0.4, 0.5) is 0 Å². The Morgan fingerprint density at radius 3 is 2.53 bits per heavy atom. The zero-order valence-electron chi connectivity index (χ0n) is 11.5. The summed E-state index contributed by atoms with van der Waals surface area (Å²) in [6, 6.07) is 0. The molecule has 0 N–H and O–H groups in total. The molecule has 1 aliphatic carbocycles. The second-order valence-corrected chi connectivity index (χ2v) is 6.91. The second-order valence-electron chi connectivity index (χ2n) is 5.99. The fourth-order valence-electron chi connectivity index (χ4n) is 3.48. The third-order valence-corrected chi connectivity index (χ3v) is 5.45. The minimum Gasteiger partial charge on any atom is -0.346 e. The quantitative estimate of drug-likeness (QED) is 0.538. The van der Waals surface area contributed by atoms with Crippen LogP contribution in [-0.2, 0) is 9.47 Å². The SMILES string of the molecule is CCC1=C(C)C(Br)C2(CC1(C)C)OCC(C)O2. The predicted molar refractivity (Wildman–Crippen MR) is 73.3 cm³/mol. The molecular weight excluding hydrogens is 280 g/mol. The van der Waals surface area contributed by atoms with Gasteiger partial charge in [0, 0.05) is 6.42 Å². The van der Waals surface area contributed by atoms with Gasteiger partial charge in [0.25, 0.3) is 0 Å². The van der Waals surface area contributed by atoms with Gasteiger partial charge in [0.05, 0.1) is 17.5 Å². The Morgan fingerprint density at radius 2 is 2.06 bits per heavy atom. The summed E-state index contributed by atoms with van der Waals surface area (Å²) in [5, 5.41) is 0. The molecule has 17 heavy (non-hydrogen) atoms. The first-order valence-corrected chi connectivity index (χ1v) is 7.40. The molecular formula is C14H23BrO2. The van der Waals surface area contributed by atoms with Crippen molar-refractivity contribution >= 4 is 15.9 Å². The van der Waals surface area contributed by atoms with E-state index >= 15 is 0 Å². The van der Waals surface area contributed by atoms with Crippen LogP contribution in [0.2, 0.25) is 0 Å². The van der Waals surface area contributed by atoms with Gasteiger partial charge in [-0.3, -0.25) is 0 Å². The van der Waals surface area contributed by atoms with Crippen LogP contribution in [0.25, 0.3) is 0 Å². The Morgan fingerprint density at radius 1 is 1.41 bits per heavy atom. The van der Waals surface area contributed by atoms with Crippen molar-refractivity contribution < 1.29 is 9.47 Å². The normalized spacial score (nSPS) is 41.3. The van der Waals surface area contributed by atoms with Gasteiger partial charge in [-0.1, -0.05) is 47.8 Å². The number of hydrogen-bond donors (Lipinski definition) is 0. The maximum atomic E-state index is 6.10. The largest absolute Gasteiger partial charge is 0.346 e. The smallest absolute Gasteiger partial charge is 0.185 e. The molecule has 0 aromatic carbocycles. The summed E-state index contributed by atoms with van der Waals surface area (Å²) in [5.74, 6) is -0.453. The molecule has 3 atom stereocenters. The van der Waals surface area contributed by atoms with Crippen LogP contribution in [0.1, 0.15) is 47.5 Å². The monoisotopic (exact) mass is 302 g/mol. The van der Waals surface area contributed by atoms with E-state index in [1.807, 2.05) is 0 Å². The van der Waals surface area contributed by atoms with Crippen LogP contribution in [0.5, 0.6) is 0 Å². The second kappa shape index (κ2) is 4.36. The van der Waals surface area contributed by atoms with Crippen molar-refractivity contribution in [2.75, 3.05) is 6.61 Å². The van der Waals surface area contributed by atoms with Gasteiger partial charge < -0.3 is 9.47 Å². The molecule has 1 spiro atoms. The van der Waals surface area contributed by atoms with E-state index in [0.29, 0.717) is 6.61 Å². The number of alkyl halides is 1. The van der Waals surface area contributed by atoms with Gasteiger partial charge in [0.15, 0.2) is 5.79 Å². The summed E-state index contributed by atoms with van der Waals surface area (Å²) >= 11 is 3.79. The fourth-order valence-corrected chi connectivity index (χ4v) is 4.16. The lowest BCUT2D eigenvalue weighted by Gasteiger charge is -2.46. The Balaban J connectivity index is 2.40. The Bertz CT molecular complexity index is 348. The Labute approximate surface area is 113 Å². The van der Waals surface area contributed by atoms with Crippen LogP contribution in [-0.4, -0.2) is 23.3 Å². The van der Waals surface area contributed by atoms with Crippen LogP contribution in [0.3, 0.4) is 0 Å². The van der Waals surface area contributed by atoms with E-state index in [4.69, 9.17) is 9.47 Å². The summed E-state index contributed by atoms with van der Waals surface area (Å²) in [4.78, 5) is 0.183. The van der Waals surface area contributed by atoms with Gasteiger partial charge >= 0.3 is 0 Å². The fraction of sp³-hybridized carbons (Fsp3) is 0.857. The topological polar surface area (TPSA) is 18.5 Å². The summed E-state index contributed by atoms with van der Waals surface area (Å²) in [6.45, 7) is 11.8. The Kier molecular flexibility index (Phi) is 3.48. The molecule has 98 valence electrons. The van der Waals surface area contributed by atoms with E-state index in [9.17, 15) is 0 Å². The lowest BCUT2D eigenvalue weighted by atomic mass is 9.69. The van der Waals surface area contributed by atoms with Crippen molar-refractivity contribution in [1.29, 1.82) is 0 Å².